The van der Waals surface area contributed by atoms with Crippen LogP contribution in [0.3, 0.4) is 0 Å². The summed E-state index contributed by atoms with van der Waals surface area (Å²) in [5.74, 6) is -4.44. The Morgan fingerprint density at radius 1 is 1.00 bits per heavy atom. The van der Waals surface area contributed by atoms with E-state index in [4.69, 9.17) is 23.7 Å². The summed E-state index contributed by atoms with van der Waals surface area (Å²) >= 11 is 0. The molecular weight excluding hydrogens is 524 g/mol. The third-order valence-electron chi connectivity index (χ3n) is 8.70. The highest BCUT2D eigenvalue weighted by Crippen LogP contribution is 2.61. The minimum atomic E-state index is -2.14. The summed E-state index contributed by atoms with van der Waals surface area (Å²) in [7, 11) is 0. The Kier molecular flexibility index (Phi) is 8.69. The van der Waals surface area contributed by atoms with Gasteiger partial charge in [-0.1, -0.05) is 31.6 Å². The molecule has 0 aromatic carbocycles. The molecule has 11 nitrogen and oxygen atoms in total. The number of aliphatic hydroxyl groups is 1. The molecule has 1 aliphatic heterocycles. The zero-order valence-electron chi connectivity index (χ0n) is 24.1. The lowest BCUT2D eigenvalue weighted by Gasteiger charge is -2.60. The fourth-order valence-corrected chi connectivity index (χ4v) is 6.26. The van der Waals surface area contributed by atoms with Gasteiger partial charge in [0.25, 0.3) is 0 Å². The number of hydrogen-bond acceptors (Lipinski definition) is 11. The predicted molar refractivity (Wildman–Crippen MR) is 139 cm³/mol. The van der Waals surface area contributed by atoms with Crippen molar-refractivity contribution in [3.63, 3.8) is 0 Å². The Balaban J connectivity index is 2.46. The molecule has 8 atom stereocenters. The van der Waals surface area contributed by atoms with Gasteiger partial charge in [-0.3, -0.25) is 24.0 Å². The summed E-state index contributed by atoms with van der Waals surface area (Å²) in [6, 6.07) is 0. The van der Waals surface area contributed by atoms with Crippen molar-refractivity contribution < 1.29 is 52.8 Å². The Morgan fingerprint density at radius 2 is 1.60 bits per heavy atom. The van der Waals surface area contributed by atoms with Crippen molar-refractivity contribution in [2.75, 3.05) is 6.61 Å². The van der Waals surface area contributed by atoms with Gasteiger partial charge >= 0.3 is 29.8 Å². The second kappa shape index (κ2) is 11.2. The molecule has 1 heterocycles. The van der Waals surface area contributed by atoms with E-state index in [0.29, 0.717) is 11.1 Å². The number of carbonyl (C=O) groups is 5. The highest BCUT2D eigenvalue weighted by Gasteiger charge is 2.71. The minimum absolute atomic E-state index is 0.235. The van der Waals surface area contributed by atoms with E-state index in [1.54, 1.807) is 32.9 Å². The van der Waals surface area contributed by atoms with Gasteiger partial charge in [-0.15, -0.1) is 0 Å². The van der Waals surface area contributed by atoms with E-state index in [1.807, 2.05) is 6.08 Å². The summed E-state index contributed by atoms with van der Waals surface area (Å²) in [5.41, 5.74) is -3.93. The zero-order chi connectivity index (χ0) is 30.2. The minimum Gasteiger partial charge on any atom is -0.461 e. The Hall–Kier alpha value is -3.47. The largest absolute Gasteiger partial charge is 0.461 e. The maximum Gasteiger partial charge on any atom is 0.312 e. The lowest BCUT2D eigenvalue weighted by atomic mass is 9.48. The number of rotatable bonds is 5. The van der Waals surface area contributed by atoms with Crippen LogP contribution in [0.2, 0.25) is 0 Å². The average molecular weight is 563 g/mol. The van der Waals surface area contributed by atoms with Gasteiger partial charge in [0.15, 0.2) is 11.7 Å². The molecule has 0 aromatic rings. The van der Waals surface area contributed by atoms with Gasteiger partial charge in [0, 0.05) is 39.5 Å². The zero-order valence-corrected chi connectivity index (χ0v) is 24.1. The van der Waals surface area contributed by atoms with Crippen molar-refractivity contribution in [3.05, 3.63) is 35.5 Å². The molecule has 2 aliphatic carbocycles. The Labute approximate surface area is 233 Å². The van der Waals surface area contributed by atoms with E-state index in [1.165, 1.54) is 40.7 Å². The van der Waals surface area contributed by atoms with E-state index < -0.39 is 76.6 Å². The number of fused-ring (bicyclic) bond motifs is 2. The lowest BCUT2D eigenvalue weighted by Crippen LogP contribution is -2.69. The van der Waals surface area contributed by atoms with Crippen molar-refractivity contribution in [2.24, 2.45) is 16.7 Å². The van der Waals surface area contributed by atoms with Crippen LogP contribution in [0.15, 0.2) is 35.5 Å². The number of hydrogen-bond donors (Lipinski definition) is 1. The van der Waals surface area contributed by atoms with Crippen LogP contribution >= 0.6 is 0 Å². The number of esters is 5. The summed E-state index contributed by atoms with van der Waals surface area (Å²) in [6.45, 7) is 11.3. The maximum absolute atomic E-state index is 13.0. The molecule has 3 rings (SSSR count). The van der Waals surface area contributed by atoms with Gasteiger partial charge in [0.05, 0.1) is 11.3 Å². The quantitative estimate of drug-likeness (QED) is 0.299. The van der Waals surface area contributed by atoms with Crippen LogP contribution in [-0.2, 0) is 47.7 Å². The molecule has 40 heavy (non-hydrogen) atoms. The second-order valence-corrected chi connectivity index (χ2v) is 11.1. The van der Waals surface area contributed by atoms with Crippen LogP contribution < -0.4 is 0 Å². The molecule has 1 saturated heterocycles. The molecule has 0 bridgehead atoms. The highest BCUT2D eigenvalue weighted by atomic mass is 16.6. The van der Waals surface area contributed by atoms with Crippen LogP contribution in [0.25, 0.3) is 0 Å². The van der Waals surface area contributed by atoms with Crippen LogP contribution in [-0.4, -0.2) is 71.6 Å². The van der Waals surface area contributed by atoms with Crippen molar-refractivity contribution >= 4 is 29.8 Å². The summed E-state index contributed by atoms with van der Waals surface area (Å²) < 4.78 is 28.4. The van der Waals surface area contributed by atoms with Crippen molar-refractivity contribution in [3.8, 4) is 0 Å². The summed E-state index contributed by atoms with van der Waals surface area (Å²) in [4.78, 5) is 62.0. The summed E-state index contributed by atoms with van der Waals surface area (Å²) in [6.07, 6.45) is 1.80. The van der Waals surface area contributed by atoms with E-state index in [2.05, 4.69) is 0 Å². The van der Waals surface area contributed by atoms with Crippen molar-refractivity contribution in [1.82, 2.24) is 0 Å². The van der Waals surface area contributed by atoms with Gasteiger partial charge in [-0.25, -0.2) is 0 Å². The number of carbonyl (C=O) groups excluding carboxylic acids is 5. The van der Waals surface area contributed by atoms with Gasteiger partial charge in [-0.05, 0) is 31.6 Å². The molecule has 0 unspecified atom stereocenters. The van der Waals surface area contributed by atoms with Gasteiger partial charge in [-0.2, -0.15) is 0 Å². The van der Waals surface area contributed by atoms with Crippen molar-refractivity contribution in [1.29, 1.82) is 0 Å². The third kappa shape index (κ3) is 5.18. The molecule has 1 fully saturated rings. The standard InChI is InChI=1S/C29H38O11/c1-15-9-11-22(37-18(4)31)28(8)23(38-19(5)32)12-10-21(14-36-17(3)30)13-24-29(35,16(2)25(34)40-24)26(27(15,28)7)39-20(6)33/h9-10,12-13,16,22-24,26,35H,11,14H2,1-8H3/b12-10-,21-13+/t16-,22-,23-,24-,26-,27+,28+,29-/m0/s1. The number of ether oxygens (including phenoxy) is 5. The molecule has 0 radical (unpaired) electrons. The van der Waals surface area contributed by atoms with Crippen molar-refractivity contribution in [2.45, 2.75) is 91.8 Å². The van der Waals surface area contributed by atoms with Crippen LogP contribution in [0, 0.1) is 16.7 Å². The molecule has 0 aromatic heterocycles. The fraction of sp³-hybridized carbons (Fsp3) is 0.621. The smallest absolute Gasteiger partial charge is 0.312 e. The summed E-state index contributed by atoms with van der Waals surface area (Å²) in [5, 5.41) is 12.5. The predicted octanol–water partition coefficient (Wildman–Crippen LogP) is 2.50. The average Bonchev–Trinajstić information content (AvgIpc) is 3.06. The molecule has 1 N–H and O–H groups in total. The molecule has 0 saturated carbocycles. The second-order valence-electron chi connectivity index (χ2n) is 11.1. The maximum atomic E-state index is 13.0. The van der Waals surface area contributed by atoms with Crippen LogP contribution in [0.4, 0.5) is 0 Å². The monoisotopic (exact) mass is 562 g/mol. The highest BCUT2D eigenvalue weighted by molar-refractivity contribution is 5.78. The first kappa shape index (κ1) is 31.1. The third-order valence-corrected chi connectivity index (χ3v) is 8.70. The molecule has 11 heteroatoms. The van der Waals surface area contributed by atoms with Gasteiger partial charge < -0.3 is 28.8 Å². The van der Waals surface area contributed by atoms with Gasteiger partial charge in [0.2, 0.25) is 0 Å². The lowest BCUT2D eigenvalue weighted by molar-refractivity contribution is -0.236. The normalized spacial score (nSPS) is 39.1. The Bertz CT molecular complexity index is 1180. The van der Waals surface area contributed by atoms with E-state index in [9.17, 15) is 29.1 Å². The fourth-order valence-electron chi connectivity index (χ4n) is 6.26. The van der Waals surface area contributed by atoms with E-state index in [0.717, 1.165) is 0 Å². The van der Waals surface area contributed by atoms with Gasteiger partial charge in [0.1, 0.15) is 24.9 Å². The SMILES string of the molecule is CC(=O)OCC1=C/[C@@H]2OC(=O)[C@H](C)[C@@]2(O)[C@@H](OC(C)=O)[C@@]2(C)C(C)=CC[C@H](OC(C)=O)[C@]2(C)[C@@H](OC(C)=O)/C=C\1. The molecule has 0 amide bonds. The van der Waals surface area contributed by atoms with Crippen LogP contribution in [0.1, 0.15) is 61.8 Å². The molecule has 220 valence electrons. The first-order valence-electron chi connectivity index (χ1n) is 13.1. The first-order chi connectivity index (χ1) is 18.5. The molecule has 0 spiro atoms. The van der Waals surface area contributed by atoms with Crippen LogP contribution in [0.5, 0.6) is 0 Å². The van der Waals surface area contributed by atoms with E-state index in [-0.39, 0.29) is 13.0 Å². The topological polar surface area (TPSA) is 152 Å². The first-order valence-corrected chi connectivity index (χ1v) is 13.1. The molecule has 3 aliphatic rings. The Morgan fingerprint density at radius 3 is 2.15 bits per heavy atom. The van der Waals surface area contributed by atoms with E-state index >= 15 is 0 Å². The molecular formula is C29H38O11.